The molecule has 0 saturated heterocycles. The predicted molar refractivity (Wildman–Crippen MR) is 89.9 cm³/mol. The van der Waals surface area contributed by atoms with Crippen LogP contribution >= 0.6 is 0 Å². The third-order valence-corrected chi connectivity index (χ3v) is 4.15. The minimum absolute atomic E-state index is 0.361. The Morgan fingerprint density at radius 2 is 1.62 bits per heavy atom. The van der Waals surface area contributed by atoms with Gasteiger partial charge in [-0.25, -0.2) is 0 Å². The van der Waals surface area contributed by atoms with Crippen molar-refractivity contribution in [3.05, 3.63) is 29.3 Å². The average molecular weight is 292 g/mol. The van der Waals surface area contributed by atoms with Crippen molar-refractivity contribution in [1.29, 1.82) is 0 Å². The van der Waals surface area contributed by atoms with Crippen molar-refractivity contribution in [2.24, 2.45) is 0 Å². The zero-order valence-corrected chi connectivity index (χ0v) is 14.0. The third kappa shape index (κ3) is 6.99. The summed E-state index contributed by atoms with van der Waals surface area (Å²) in [5.74, 6) is 0.863. The lowest BCUT2D eigenvalue weighted by atomic mass is 10.0. The van der Waals surface area contributed by atoms with Crippen LogP contribution in [0.5, 0.6) is 5.75 Å². The van der Waals surface area contributed by atoms with Crippen molar-refractivity contribution >= 4 is 0 Å². The van der Waals surface area contributed by atoms with Crippen molar-refractivity contribution in [2.75, 3.05) is 7.11 Å². The van der Waals surface area contributed by atoms with Crippen molar-refractivity contribution in [3.63, 3.8) is 0 Å². The Hall–Kier alpha value is -1.02. The van der Waals surface area contributed by atoms with Gasteiger partial charge in [0.15, 0.2) is 0 Å². The first-order valence-electron chi connectivity index (χ1n) is 8.51. The van der Waals surface area contributed by atoms with E-state index in [4.69, 9.17) is 4.74 Å². The van der Waals surface area contributed by atoms with Gasteiger partial charge in [-0.15, -0.1) is 0 Å². The lowest BCUT2D eigenvalue weighted by Gasteiger charge is -2.13. The zero-order valence-electron chi connectivity index (χ0n) is 14.0. The highest BCUT2D eigenvalue weighted by Gasteiger charge is 2.09. The highest BCUT2D eigenvalue weighted by Crippen LogP contribution is 2.26. The first-order chi connectivity index (χ1) is 10.2. The summed E-state index contributed by atoms with van der Waals surface area (Å²) < 4.78 is 5.31. The first-order valence-corrected chi connectivity index (χ1v) is 8.51. The van der Waals surface area contributed by atoms with Crippen LogP contribution in [-0.2, 0) is 0 Å². The second kappa shape index (κ2) is 10.7. The van der Waals surface area contributed by atoms with E-state index in [0.717, 1.165) is 29.7 Å². The van der Waals surface area contributed by atoms with Gasteiger partial charge >= 0.3 is 0 Å². The molecule has 1 unspecified atom stereocenters. The number of unbranched alkanes of at least 4 members (excludes halogenated alkanes) is 7. The molecule has 0 bridgehead atoms. The summed E-state index contributed by atoms with van der Waals surface area (Å²) in [6.07, 6.45) is 10.9. The van der Waals surface area contributed by atoms with Crippen LogP contribution in [0.3, 0.4) is 0 Å². The lowest BCUT2D eigenvalue weighted by Crippen LogP contribution is -1.99. The zero-order chi connectivity index (χ0) is 15.5. The van der Waals surface area contributed by atoms with E-state index in [-0.39, 0.29) is 6.10 Å². The van der Waals surface area contributed by atoms with E-state index in [9.17, 15) is 5.11 Å². The monoisotopic (exact) mass is 292 g/mol. The first kappa shape index (κ1) is 18.0. The molecule has 0 radical (unpaired) electrons. The van der Waals surface area contributed by atoms with Crippen molar-refractivity contribution in [3.8, 4) is 5.75 Å². The highest BCUT2D eigenvalue weighted by molar-refractivity contribution is 5.37. The largest absolute Gasteiger partial charge is 0.496 e. The maximum atomic E-state index is 10.2. The van der Waals surface area contributed by atoms with E-state index in [2.05, 4.69) is 6.92 Å². The summed E-state index contributed by atoms with van der Waals surface area (Å²) in [7, 11) is 1.68. The molecule has 0 aliphatic rings. The Bertz CT molecular complexity index is 387. The molecule has 1 aromatic rings. The minimum Gasteiger partial charge on any atom is -0.496 e. The lowest BCUT2D eigenvalue weighted by molar-refractivity contribution is 0.163. The molecule has 0 heterocycles. The van der Waals surface area contributed by atoms with E-state index in [1.54, 1.807) is 7.11 Å². The molecule has 21 heavy (non-hydrogen) atoms. The SMILES string of the molecule is CCCCCCCCCCC(O)c1ccc(C)c(OC)c1. The van der Waals surface area contributed by atoms with E-state index >= 15 is 0 Å². The van der Waals surface area contributed by atoms with Gasteiger partial charge in [0.2, 0.25) is 0 Å². The molecule has 0 fully saturated rings. The third-order valence-electron chi connectivity index (χ3n) is 4.15. The van der Waals surface area contributed by atoms with Crippen LogP contribution in [0.2, 0.25) is 0 Å². The van der Waals surface area contributed by atoms with Crippen LogP contribution < -0.4 is 4.74 Å². The number of methoxy groups -OCH3 is 1. The smallest absolute Gasteiger partial charge is 0.122 e. The normalized spacial score (nSPS) is 12.4. The topological polar surface area (TPSA) is 29.5 Å². The van der Waals surface area contributed by atoms with Gasteiger partial charge in [0, 0.05) is 0 Å². The summed E-state index contributed by atoms with van der Waals surface area (Å²) in [5, 5.41) is 10.2. The number of benzene rings is 1. The van der Waals surface area contributed by atoms with Gasteiger partial charge in [-0.2, -0.15) is 0 Å². The molecule has 1 N–H and O–H groups in total. The number of hydrogen-bond acceptors (Lipinski definition) is 2. The second-order valence-corrected chi connectivity index (χ2v) is 6.01. The molecule has 0 aliphatic heterocycles. The maximum Gasteiger partial charge on any atom is 0.122 e. The number of ether oxygens (including phenoxy) is 1. The Kier molecular flexibility index (Phi) is 9.16. The van der Waals surface area contributed by atoms with Gasteiger partial charge in [-0.3, -0.25) is 0 Å². The number of aliphatic hydroxyl groups excluding tert-OH is 1. The molecule has 120 valence electrons. The fraction of sp³-hybridized carbons (Fsp3) is 0.684. The summed E-state index contributed by atoms with van der Waals surface area (Å²) in [6, 6.07) is 5.99. The Morgan fingerprint density at radius 3 is 2.24 bits per heavy atom. The second-order valence-electron chi connectivity index (χ2n) is 6.01. The standard InChI is InChI=1S/C19H32O2/c1-4-5-6-7-8-9-10-11-12-18(20)17-14-13-16(2)19(15-17)21-3/h13-15,18,20H,4-12H2,1-3H3. The average Bonchev–Trinajstić information content (AvgIpc) is 2.50. The maximum absolute atomic E-state index is 10.2. The van der Waals surface area contributed by atoms with Crippen LogP contribution in [0, 0.1) is 6.92 Å². The van der Waals surface area contributed by atoms with E-state index < -0.39 is 0 Å². The minimum atomic E-state index is -0.361. The van der Waals surface area contributed by atoms with Crippen LogP contribution in [0.25, 0.3) is 0 Å². The predicted octanol–water partition coefficient (Wildman–Crippen LogP) is 5.57. The molecule has 2 heteroatoms. The molecule has 0 saturated carbocycles. The molecule has 1 atom stereocenters. The molecule has 0 amide bonds. The van der Waals surface area contributed by atoms with Gasteiger partial charge in [-0.1, -0.05) is 70.4 Å². The number of rotatable bonds is 11. The van der Waals surface area contributed by atoms with Crippen LogP contribution in [0.1, 0.15) is 81.9 Å². The molecule has 1 rings (SSSR count). The highest BCUT2D eigenvalue weighted by atomic mass is 16.5. The Morgan fingerprint density at radius 1 is 1.00 bits per heavy atom. The van der Waals surface area contributed by atoms with E-state index in [0.29, 0.717) is 0 Å². The van der Waals surface area contributed by atoms with Crippen LogP contribution in [-0.4, -0.2) is 12.2 Å². The summed E-state index contributed by atoms with van der Waals surface area (Å²) in [6.45, 7) is 4.27. The number of aliphatic hydroxyl groups is 1. The molecule has 0 aromatic heterocycles. The van der Waals surface area contributed by atoms with Gasteiger partial charge in [-0.05, 0) is 30.5 Å². The van der Waals surface area contributed by atoms with Crippen LogP contribution in [0.15, 0.2) is 18.2 Å². The van der Waals surface area contributed by atoms with Crippen LogP contribution in [0.4, 0.5) is 0 Å². The molecule has 2 nitrogen and oxygen atoms in total. The van der Waals surface area contributed by atoms with Gasteiger partial charge in [0.25, 0.3) is 0 Å². The van der Waals surface area contributed by atoms with E-state index in [1.807, 2.05) is 25.1 Å². The van der Waals surface area contributed by atoms with Crippen molar-refractivity contribution in [2.45, 2.75) is 77.7 Å². The van der Waals surface area contributed by atoms with Crippen molar-refractivity contribution in [1.82, 2.24) is 0 Å². The summed E-state index contributed by atoms with van der Waals surface area (Å²) >= 11 is 0. The number of hydrogen-bond donors (Lipinski definition) is 1. The number of aryl methyl sites for hydroxylation is 1. The molecular formula is C19H32O2. The van der Waals surface area contributed by atoms with Crippen molar-refractivity contribution < 1.29 is 9.84 Å². The van der Waals surface area contributed by atoms with Gasteiger partial charge < -0.3 is 9.84 Å². The summed E-state index contributed by atoms with van der Waals surface area (Å²) in [4.78, 5) is 0. The molecular weight excluding hydrogens is 260 g/mol. The van der Waals surface area contributed by atoms with Gasteiger partial charge in [0.05, 0.1) is 13.2 Å². The molecule has 1 aromatic carbocycles. The molecule has 0 spiro atoms. The quantitative estimate of drug-likeness (QED) is 0.540. The Labute approximate surface area is 130 Å². The molecule has 0 aliphatic carbocycles. The fourth-order valence-corrected chi connectivity index (χ4v) is 2.68. The fourth-order valence-electron chi connectivity index (χ4n) is 2.68. The van der Waals surface area contributed by atoms with E-state index in [1.165, 1.54) is 44.9 Å². The Balaban J connectivity index is 2.20. The summed E-state index contributed by atoms with van der Waals surface area (Å²) in [5.41, 5.74) is 2.08. The van der Waals surface area contributed by atoms with Gasteiger partial charge in [0.1, 0.15) is 5.75 Å².